The number of anilines is 2. The smallest absolute Gasteiger partial charge is 0.237 e. The van der Waals surface area contributed by atoms with E-state index in [1.807, 2.05) is 6.92 Å². The molecular formula is C16H22N4O3. The molecule has 0 bridgehead atoms. The zero-order valence-corrected chi connectivity index (χ0v) is 13.1. The van der Waals surface area contributed by atoms with E-state index in [0.717, 1.165) is 6.42 Å². The number of hydrogen-bond acceptors (Lipinski definition) is 4. The van der Waals surface area contributed by atoms with Crippen molar-refractivity contribution in [3.05, 3.63) is 24.3 Å². The van der Waals surface area contributed by atoms with E-state index in [2.05, 4.69) is 21.3 Å². The lowest BCUT2D eigenvalue weighted by Gasteiger charge is -2.22. The molecule has 7 heteroatoms. The summed E-state index contributed by atoms with van der Waals surface area (Å²) in [6.07, 6.45) is 1.36. The van der Waals surface area contributed by atoms with Gasteiger partial charge in [-0.2, -0.15) is 0 Å². The Balaban J connectivity index is 1.84. The van der Waals surface area contributed by atoms with Gasteiger partial charge in [0.25, 0.3) is 0 Å². The van der Waals surface area contributed by atoms with Gasteiger partial charge in [-0.3, -0.25) is 14.4 Å². The molecule has 1 heterocycles. The number of nitrogens with one attached hydrogen (secondary N) is 4. The van der Waals surface area contributed by atoms with Crippen LogP contribution in [0.15, 0.2) is 24.3 Å². The van der Waals surface area contributed by atoms with Crippen molar-refractivity contribution in [1.82, 2.24) is 10.6 Å². The fraction of sp³-hybridized carbons (Fsp3) is 0.438. The van der Waals surface area contributed by atoms with Crippen molar-refractivity contribution >= 4 is 29.1 Å². The molecule has 1 aromatic carbocycles. The third-order valence-electron chi connectivity index (χ3n) is 3.45. The molecule has 0 saturated carbocycles. The van der Waals surface area contributed by atoms with Gasteiger partial charge < -0.3 is 21.3 Å². The third kappa shape index (κ3) is 5.37. The van der Waals surface area contributed by atoms with Crippen LogP contribution in [0.5, 0.6) is 0 Å². The molecule has 1 atom stereocenters. The first-order valence-electron chi connectivity index (χ1n) is 7.79. The Morgan fingerprint density at radius 2 is 1.70 bits per heavy atom. The number of carbonyl (C=O) groups excluding carboxylic acids is 3. The van der Waals surface area contributed by atoms with Crippen LogP contribution in [0.4, 0.5) is 11.4 Å². The first kappa shape index (κ1) is 17.0. The van der Waals surface area contributed by atoms with E-state index in [0.29, 0.717) is 30.9 Å². The lowest BCUT2D eigenvalue weighted by Crippen LogP contribution is -2.53. The maximum absolute atomic E-state index is 12.0. The van der Waals surface area contributed by atoms with Gasteiger partial charge in [0.2, 0.25) is 17.7 Å². The van der Waals surface area contributed by atoms with Crippen LogP contribution in [0.3, 0.4) is 0 Å². The van der Waals surface area contributed by atoms with E-state index in [4.69, 9.17) is 0 Å². The second-order valence-electron chi connectivity index (χ2n) is 5.43. The summed E-state index contributed by atoms with van der Waals surface area (Å²) in [5.74, 6) is -0.415. The zero-order valence-electron chi connectivity index (χ0n) is 13.1. The van der Waals surface area contributed by atoms with Gasteiger partial charge in [0, 0.05) is 30.9 Å². The highest BCUT2D eigenvalue weighted by molar-refractivity contribution is 5.96. The molecule has 1 saturated heterocycles. The zero-order chi connectivity index (χ0) is 16.7. The fourth-order valence-electron chi connectivity index (χ4n) is 2.30. The van der Waals surface area contributed by atoms with Crippen LogP contribution in [0.1, 0.15) is 26.2 Å². The first-order chi connectivity index (χ1) is 11.1. The monoisotopic (exact) mass is 318 g/mol. The Hall–Kier alpha value is -2.41. The van der Waals surface area contributed by atoms with Gasteiger partial charge in [0.15, 0.2) is 0 Å². The number of hydrogen-bond donors (Lipinski definition) is 4. The Bertz CT molecular complexity index is 571. The summed E-state index contributed by atoms with van der Waals surface area (Å²) in [7, 11) is 0. The largest absolute Gasteiger partial charge is 0.353 e. The van der Waals surface area contributed by atoms with Gasteiger partial charge in [-0.05, 0) is 30.7 Å². The molecule has 4 N–H and O–H groups in total. The van der Waals surface area contributed by atoms with Gasteiger partial charge in [-0.1, -0.05) is 6.92 Å². The van der Waals surface area contributed by atoms with E-state index in [1.54, 1.807) is 24.3 Å². The number of carbonyl (C=O) groups is 3. The van der Waals surface area contributed by atoms with Crippen LogP contribution in [-0.2, 0) is 14.4 Å². The maximum atomic E-state index is 12.0. The molecule has 0 aromatic heterocycles. The minimum absolute atomic E-state index is 0.0290. The summed E-state index contributed by atoms with van der Waals surface area (Å²) in [4.78, 5) is 35.1. The average molecular weight is 318 g/mol. The molecule has 1 fully saturated rings. The normalized spacial score (nSPS) is 17.3. The number of rotatable bonds is 6. The van der Waals surface area contributed by atoms with Gasteiger partial charge in [-0.25, -0.2) is 0 Å². The molecule has 1 aromatic rings. The van der Waals surface area contributed by atoms with Crippen molar-refractivity contribution in [1.29, 1.82) is 0 Å². The van der Waals surface area contributed by atoms with Gasteiger partial charge in [0.1, 0.15) is 0 Å². The molecule has 1 aliphatic rings. The third-order valence-corrected chi connectivity index (χ3v) is 3.45. The molecular weight excluding hydrogens is 296 g/mol. The lowest BCUT2D eigenvalue weighted by atomic mass is 10.1. The van der Waals surface area contributed by atoms with Crippen LogP contribution >= 0.6 is 0 Å². The van der Waals surface area contributed by atoms with Gasteiger partial charge in [-0.15, -0.1) is 0 Å². The second kappa shape index (κ2) is 8.28. The highest BCUT2D eigenvalue weighted by Crippen LogP contribution is 2.14. The number of benzene rings is 1. The van der Waals surface area contributed by atoms with Crippen LogP contribution in [0, 0.1) is 0 Å². The van der Waals surface area contributed by atoms with Crippen molar-refractivity contribution in [3.63, 3.8) is 0 Å². The van der Waals surface area contributed by atoms with Crippen molar-refractivity contribution in [2.75, 3.05) is 23.7 Å². The number of piperazine rings is 1. The van der Waals surface area contributed by atoms with E-state index in [-0.39, 0.29) is 24.1 Å². The molecule has 3 amide bonds. The Kier molecular flexibility index (Phi) is 6.10. The van der Waals surface area contributed by atoms with E-state index in [1.165, 1.54) is 0 Å². The SMILES string of the molecule is CCCC(=O)Nc1ccc(NC(=O)CC2NCCNC2=O)cc1. The van der Waals surface area contributed by atoms with Crippen molar-refractivity contribution in [2.24, 2.45) is 0 Å². The Morgan fingerprint density at radius 3 is 2.26 bits per heavy atom. The van der Waals surface area contributed by atoms with Gasteiger partial charge in [0.05, 0.1) is 12.5 Å². The molecule has 2 rings (SSSR count). The summed E-state index contributed by atoms with van der Waals surface area (Å²) < 4.78 is 0. The molecule has 1 unspecified atom stereocenters. The molecule has 1 aliphatic heterocycles. The summed E-state index contributed by atoms with van der Waals surface area (Å²) >= 11 is 0. The quantitative estimate of drug-likeness (QED) is 0.624. The number of amides is 3. The van der Waals surface area contributed by atoms with Crippen LogP contribution in [0.2, 0.25) is 0 Å². The van der Waals surface area contributed by atoms with E-state index < -0.39 is 6.04 Å². The van der Waals surface area contributed by atoms with Crippen LogP contribution < -0.4 is 21.3 Å². The summed E-state index contributed by atoms with van der Waals surface area (Å²) in [6, 6.07) is 6.40. The van der Waals surface area contributed by atoms with Crippen molar-refractivity contribution < 1.29 is 14.4 Å². The summed E-state index contributed by atoms with van der Waals surface area (Å²) in [5, 5.41) is 11.2. The van der Waals surface area contributed by atoms with E-state index >= 15 is 0 Å². The fourth-order valence-corrected chi connectivity index (χ4v) is 2.30. The topological polar surface area (TPSA) is 99.3 Å². The highest BCUT2D eigenvalue weighted by Gasteiger charge is 2.23. The first-order valence-corrected chi connectivity index (χ1v) is 7.79. The summed E-state index contributed by atoms with van der Waals surface area (Å²) in [6.45, 7) is 3.19. The molecule has 7 nitrogen and oxygen atoms in total. The van der Waals surface area contributed by atoms with E-state index in [9.17, 15) is 14.4 Å². The molecule has 124 valence electrons. The Morgan fingerprint density at radius 1 is 1.09 bits per heavy atom. The lowest BCUT2D eigenvalue weighted by molar-refractivity contribution is -0.127. The second-order valence-corrected chi connectivity index (χ2v) is 5.43. The Labute approximate surface area is 135 Å². The van der Waals surface area contributed by atoms with Crippen molar-refractivity contribution in [2.45, 2.75) is 32.2 Å². The maximum Gasteiger partial charge on any atom is 0.237 e. The molecule has 23 heavy (non-hydrogen) atoms. The minimum Gasteiger partial charge on any atom is -0.353 e. The summed E-state index contributed by atoms with van der Waals surface area (Å²) in [5.41, 5.74) is 1.31. The van der Waals surface area contributed by atoms with Gasteiger partial charge >= 0.3 is 0 Å². The highest BCUT2D eigenvalue weighted by atomic mass is 16.2. The standard InChI is InChI=1S/C16H22N4O3/c1-2-3-14(21)19-11-4-6-12(7-5-11)20-15(22)10-13-16(23)18-9-8-17-13/h4-7,13,17H,2-3,8-10H2,1H3,(H,18,23)(H,19,21)(H,20,22). The molecule has 0 spiro atoms. The minimum atomic E-state index is -0.489. The van der Waals surface area contributed by atoms with Crippen LogP contribution in [0.25, 0.3) is 0 Å². The predicted octanol–water partition coefficient (Wildman–Crippen LogP) is 0.842. The van der Waals surface area contributed by atoms with Crippen LogP contribution in [-0.4, -0.2) is 36.9 Å². The van der Waals surface area contributed by atoms with Crippen molar-refractivity contribution in [3.8, 4) is 0 Å². The molecule has 0 radical (unpaired) electrons. The average Bonchev–Trinajstić information content (AvgIpc) is 2.52. The predicted molar refractivity (Wildman–Crippen MR) is 88.0 cm³/mol. The molecule has 0 aliphatic carbocycles.